The number of amides is 2. The highest BCUT2D eigenvalue weighted by molar-refractivity contribution is 6.41. The maximum Gasteiger partial charge on any atom is 0.316 e. The molecule has 4 nitrogen and oxygen atoms in total. The Hall–Kier alpha value is -1.84. The lowest BCUT2D eigenvalue weighted by atomic mass is 10.1. The minimum absolute atomic E-state index is 0.433. The molecule has 90 valence electrons. The van der Waals surface area contributed by atoms with Gasteiger partial charge in [0.05, 0.1) is 0 Å². The molecular weight excluding hydrogens is 216 g/mol. The molecule has 0 aromatic heterocycles. The van der Waals surface area contributed by atoms with Crippen LogP contribution < -0.4 is 4.90 Å². The van der Waals surface area contributed by atoms with Crippen molar-refractivity contribution in [1.82, 2.24) is 4.90 Å². The Morgan fingerprint density at radius 2 is 1.76 bits per heavy atom. The zero-order chi connectivity index (χ0) is 12.6. The standard InChI is InChI=1S/C13H16N2O2/c1-9-4-5-10(2)11(8-9)15-7-6-14(3)12(16)13(15)17/h4-5,8H,6-7H2,1-3H3. The van der Waals surface area contributed by atoms with Crippen molar-refractivity contribution in [3.05, 3.63) is 29.3 Å². The summed E-state index contributed by atoms with van der Waals surface area (Å²) >= 11 is 0. The van der Waals surface area contributed by atoms with E-state index in [0.29, 0.717) is 13.1 Å². The van der Waals surface area contributed by atoms with Gasteiger partial charge < -0.3 is 9.80 Å². The van der Waals surface area contributed by atoms with E-state index in [0.717, 1.165) is 16.8 Å². The molecule has 0 aliphatic carbocycles. The highest BCUT2D eigenvalue weighted by Crippen LogP contribution is 2.23. The molecule has 2 rings (SSSR count). The zero-order valence-corrected chi connectivity index (χ0v) is 10.4. The smallest absolute Gasteiger partial charge is 0.316 e. The SMILES string of the molecule is Cc1ccc(C)c(N2CCN(C)C(=O)C2=O)c1. The fraction of sp³-hybridized carbons (Fsp3) is 0.385. The van der Waals surface area contributed by atoms with E-state index in [1.54, 1.807) is 11.9 Å². The molecule has 0 bridgehead atoms. The van der Waals surface area contributed by atoms with Crippen LogP contribution in [-0.2, 0) is 9.59 Å². The Morgan fingerprint density at radius 1 is 1.06 bits per heavy atom. The molecule has 4 heteroatoms. The number of nitrogens with zero attached hydrogens (tertiary/aromatic N) is 2. The maximum atomic E-state index is 11.9. The summed E-state index contributed by atoms with van der Waals surface area (Å²) in [6.07, 6.45) is 0. The highest BCUT2D eigenvalue weighted by atomic mass is 16.2. The van der Waals surface area contributed by atoms with Gasteiger partial charge in [-0.05, 0) is 31.0 Å². The molecule has 0 saturated carbocycles. The van der Waals surface area contributed by atoms with Gasteiger partial charge in [-0.3, -0.25) is 9.59 Å². The average Bonchev–Trinajstić information content (AvgIpc) is 2.30. The Labute approximate surface area is 101 Å². The van der Waals surface area contributed by atoms with E-state index >= 15 is 0 Å². The van der Waals surface area contributed by atoms with E-state index in [2.05, 4.69) is 0 Å². The lowest BCUT2D eigenvalue weighted by molar-refractivity contribution is -0.145. The second-order valence-electron chi connectivity index (χ2n) is 4.47. The van der Waals surface area contributed by atoms with Crippen LogP contribution in [-0.4, -0.2) is 36.9 Å². The second kappa shape index (κ2) is 4.20. The molecule has 1 aromatic carbocycles. The third-order valence-corrected chi connectivity index (χ3v) is 3.09. The van der Waals surface area contributed by atoms with E-state index in [9.17, 15) is 9.59 Å². The van der Waals surface area contributed by atoms with Gasteiger partial charge in [-0.1, -0.05) is 12.1 Å². The van der Waals surface area contributed by atoms with Gasteiger partial charge in [-0.25, -0.2) is 0 Å². The number of rotatable bonds is 1. The summed E-state index contributed by atoms with van der Waals surface area (Å²) in [7, 11) is 1.65. The molecule has 0 radical (unpaired) electrons. The van der Waals surface area contributed by atoms with E-state index < -0.39 is 11.8 Å². The number of carbonyl (C=O) groups is 2. The molecule has 1 fully saturated rings. The number of likely N-dealkylation sites (N-methyl/N-ethyl adjacent to an activating group) is 1. The molecule has 1 heterocycles. The van der Waals surface area contributed by atoms with Crippen molar-refractivity contribution in [3.8, 4) is 0 Å². The molecule has 0 spiro atoms. The summed E-state index contributed by atoms with van der Waals surface area (Å²) in [5, 5.41) is 0. The van der Waals surface area contributed by atoms with Gasteiger partial charge in [0.1, 0.15) is 0 Å². The van der Waals surface area contributed by atoms with Gasteiger partial charge >= 0.3 is 11.8 Å². The van der Waals surface area contributed by atoms with E-state index in [-0.39, 0.29) is 0 Å². The van der Waals surface area contributed by atoms with Crippen LogP contribution in [0.3, 0.4) is 0 Å². The van der Waals surface area contributed by atoms with Crippen LogP contribution in [0.5, 0.6) is 0 Å². The summed E-state index contributed by atoms with van der Waals surface area (Å²) in [5.41, 5.74) is 2.95. The Morgan fingerprint density at radius 3 is 2.47 bits per heavy atom. The minimum atomic E-state index is -0.438. The van der Waals surface area contributed by atoms with Gasteiger partial charge in [0.2, 0.25) is 0 Å². The lowest BCUT2D eigenvalue weighted by Crippen LogP contribution is -2.53. The van der Waals surface area contributed by atoms with Gasteiger partial charge in [0, 0.05) is 25.8 Å². The number of piperazine rings is 1. The monoisotopic (exact) mass is 232 g/mol. The molecule has 1 aromatic rings. The van der Waals surface area contributed by atoms with Gasteiger partial charge in [0.25, 0.3) is 0 Å². The average molecular weight is 232 g/mol. The Kier molecular flexibility index (Phi) is 2.88. The Balaban J connectivity index is 2.37. The molecule has 0 N–H and O–H groups in total. The molecule has 1 saturated heterocycles. The van der Waals surface area contributed by atoms with E-state index in [4.69, 9.17) is 0 Å². The molecule has 0 unspecified atom stereocenters. The van der Waals surface area contributed by atoms with Crippen molar-refractivity contribution in [3.63, 3.8) is 0 Å². The van der Waals surface area contributed by atoms with Crippen molar-refractivity contribution in [1.29, 1.82) is 0 Å². The topological polar surface area (TPSA) is 40.6 Å². The third kappa shape index (κ3) is 2.02. The van der Waals surface area contributed by atoms with Crippen molar-refractivity contribution in [2.45, 2.75) is 13.8 Å². The minimum Gasteiger partial charge on any atom is -0.336 e. The van der Waals surface area contributed by atoms with E-state index in [1.807, 2.05) is 32.0 Å². The van der Waals surface area contributed by atoms with Crippen molar-refractivity contribution in [2.24, 2.45) is 0 Å². The van der Waals surface area contributed by atoms with Gasteiger partial charge in [-0.2, -0.15) is 0 Å². The van der Waals surface area contributed by atoms with Crippen LogP contribution in [0.25, 0.3) is 0 Å². The Bertz CT molecular complexity index is 482. The molecule has 2 amide bonds. The molecule has 0 atom stereocenters. The fourth-order valence-electron chi connectivity index (χ4n) is 1.97. The highest BCUT2D eigenvalue weighted by Gasteiger charge is 2.31. The summed E-state index contributed by atoms with van der Waals surface area (Å²) < 4.78 is 0. The van der Waals surface area contributed by atoms with E-state index in [1.165, 1.54) is 4.90 Å². The maximum absolute atomic E-state index is 11.9. The number of anilines is 1. The third-order valence-electron chi connectivity index (χ3n) is 3.09. The van der Waals surface area contributed by atoms with Crippen LogP contribution in [0.2, 0.25) is 0 Å². The zero-order valence-electron chi connectivity index (χ0n) is 10.4. The summed E-state index contributed by atoms with van der Waals surface area (Å²) in [4.78, 5) is 26.6. The molecular formula is C13H16N2O2. The second-order valence-corrected chi connectivity index (χ2v) is 4.47. The first kappa shape index (κ1) is 11.6. The van der Waals surface area contributed by atoms with Crippen LogP contribution in [0.4, 0.5) is 5.69 Å². The summed E-state index contributed by atoms with van der Waals surface area (Å²) in [6.45, 7) is 5.07. The normalized spacial score (nSPS) is 16.6. The number of hydrogen-bond acceptors (Lipinski definition) is 2. The van der Waals surface area contributed by atoms with Crippen molar-refractivity contribution in [2.75, 3.05) is 25.0 Å². The number of hydrogen-bond donors (Lipinski definition) is 0. The van der Waals surface area contributed by atoms with Gasteiger partial charge in [-0.15, -0.1) is 0 Å². The summed E-state index contributed by atoms with van der Waals surface area (Å²) in [5.74, 6) is -0.871. The quantitative estimate of drug-likeness (QED) is 0.680. The van der Waals surface area contributed by atoms with Crippen molar-refractivity contribution < 1.29 is 9.59 Å². The summed E-state index contributed by atoms with van der Waals surface area (Å²) in [6, 6.07) is 5.92. The molecule has 17 heavy (non-hydrogen) atoms. The predicted octanol–water partition coefficient (Wildman–Crippen LogP) is 1.11. The number of aryl methyl sites for hydroxylation is 2. The van der Waals surface area contributed by atoms with Crippen LogP contribution in [0.15, 0.2) is 18.2 Å². The van der Waals surface area contributed by atoms with Crippen LogP contribution in [0.1, 0.15) is 11.1 Å². The number of carbonyl (C=O) groups excluding carboxylic acids is 2. The largest absolute Gasteiger partial charge is 0.336 e. The molecule has 1 aliphatic heterocycles. The van der Waals surface area contributed by atoms with Crippen molar-refractivity contribution >= 4 is 17.5 Å². The van der Waals surface area contributed by atoms with Gasteiger partial charge in [0.15, 0.2) is 0 Å². The first-order valence-corrected chi connectivity index (χ1v) is 5.65. The number of benzene rings is 1. The lowest BCUT2D eigenvalue weighted by Gasteiger charge is -2.32. The first-order chi connectivity index (χ1) is 8.00. The fourth-order valence-corrected chi connectivity index (χ4v) is 1.97. The molecule has 1 aliphatic rings. The first-order valence-electron chi connectivity index (χ1n) is 5.65. The van der Waals surface area contributed by atoms with Crippen LogP contribution in [0, 0.1) is 13.8 Å². The predicted molar refractivity (Wildman–Crippen MR) is 65.9 cm³/mol. The van der Waals surface area contributed by atoms with Crippen LogP contribution >= 0.6 is 0 Å².